The zero-order chi connectivity index (χ0) is 11.8. The van der Waals surface area contributed by atoms with Gasteiger partial charge in [0.15, 0.2) is 0 Å². The maximum Gasteiger partial charge on any atom is 0.337 e. The molecule has 0 saturated carbocycles. The van der Waals surface area contributed by atoms with Crippen LogP contribution in [0.2, 0.25) is 0 Å². The minimum atomic E-state index is -0.925. The van der Waals surface area contributed by atoms with Crippen LogP contribution in [0.4, 0.5) is 0 Å². The van der Waals surface area contributed by atoms with Gasteiger partial charge in [-0.05, 0) is 18.6 Å². The number of fused-ring (bicyclic) bond motifs is 1. The molecule has 0 spiro atoms. The normalized spacial score (nSPS) is 19.2. The lowest BCUT2D eigenvalue weighted by molar-refractivity contribution is -0.0497. The number of nitrogens with zero attached hydrogens (tertiary/aromatic N) is 2. The zero-order valence-electron chi connectivity index (χ0n) is 9.17. The molecule has 3 heterocycles. The van der Waals surface area contributed by atoms with Crippen LogP contribution in [0, 0.1) is 0 Å². The van der Waals surface area contributed by atoms with Crippen LogP contribution in [0.3, 0.4) is 0 Å². The molecule has 1 aliphatic rings. The van der Waals surface area contributed by atoms with Crippen LogP contribution < -0.4 is 0 Å². The van der Waals surface area contributed by atoms with E-state index < -0.39 is 5.97 Å². The minimum Gasteiger partial charge on any atom is -0.478 e. The van der Waals surface area contributed by atoms with Crippen LogP contribution in [0.5, 0.6) is 0 Å². The lowest BCUT2D eigenvalue weighted by Gasteiger charge is -2.25. The molecule has 1 N–H and O–H groups in total. The van der Waals surface area contributed by atoms with Crippen molar-refractivity contribution in [1.29, 1.82) is 0 Å². The van der Waals surface area contributed by atoms with Gasteiger partial charge in [0.25, 0.3) is 0 Å². The molecular weight excluding hydrogens is 220 g/mol. The summed E-state index contributed by atoms with van der Waals surface area (Å²) in [6.45, 7) is 0.821. The summed E-state index contributed by atoms with van der Waals surface area (Å²) in [5.41, 5.74) is 2.03. The van der Waals surface area contributed by atoms with E-state index in [0.717, 1.165) is 30.8 Å². The van der Waals surface area contributed by atoms with Crippen molar-refractivity contribution >= 4 is 11.6 Å². The van der Waals surface area contributed by atoms with Gasteiger partial charge in [0, 0.05) is 31.1 Å². The molecule has 5 nitrogen and oxygen atoms in total. The quantitative estimate of drug-likeness (QED) is 0.867. The van der Waals surface area contributed by atoms with Gasteiger partial charge in [-0.15, -0.1) is 0 Å². The maximum absolute atomic E-state index is 10.9. The molecule has 1 unspecified atom stereocenters. The number of rotatable bonds is 3. The summed E-state index contributed by atoms with van der Waals surface area (Å²) in [6, 6.07) is 3.28. The average molecular weight is 232 g/mol. The van der Waals surface area contributed by atoms with Crippen LogP contribution in [-0.2, 0) is 11.2 Å². The highest BCUT2D eigenvalue weighted by Crippen LogP contribution is 2.18. The number of aromatic carboxylic acids is 1. The average Bonchev–Trinajstić information content (AvgIpc) is 2.65. The number of carbonyl (C=O) groups is 1. The molecule has 88 valence electrons. The number of aromatic nitrogens is 2. The fourth-order valence-electron chi connectivity index (χ4n) is 1.99. The molecule has 1 atom stereocenters. The van der Waals surface area contributed by atoms with Gasteiger partial charge in [-0.2, -0.15) is 0 Å². The van der Waals surface area contributed by atoms with Crippen LogP contribution in [0.25, 0.3) is 5.65 Å². The van der Waals surface area contributed by atoms with E-state index in [4.69, 9.17) is 9.84 Å². The number of carboxylic acids is 1. The van der Waals surface area contributed by atoms with E-state index in [2.05, 4.69) is 4.98 Å². The van der Waals surface area contributed by atoms with Crippen molar-refractivity contribution in [2.45, 2.75) is 18.9 Å². The van der Waals surface area contributed by atoms with Crippen LogP contribution in [-0.4, -0.2) is 33.2 Å². The highest BCUT2D eigenvalue weighted by molar-refractivity contribution is 5.87. The summed E-state index contributed by atoms with van der Waals surface area (Å²) in [7, 11) is 0. The lowest BCUT2D eigenvalue weighted by atomic mass is 10.1. The Labute approximate surface area is 97.7 Å². The molecule has 0 amide bonds. The first-order valence-corrected chi connectivity index (χ1v) is 5.55. The number of hydrogen-bond acceptors (Lipinski definition) is 3. The van der Waals surface area contributed by atoms with Gasteiger partial charge in [-0.3, -0.25) is 0 Å². The summed E-state index contributed by atoms with van der Waals surface area (Å²) in [5.74, 6) is -0.925. The van der Waals surface area contributed by atoms with E-state index in [1.54, 1.807) is 24.5 Å². The second-order valence-electron chi connectivity index (χ2n) is 4.19. The lowest BCUT2D eigenvalue weighted by Crippen LogP contribution is -2.29. The Balaban J connectivity index is 1.99. The predicted molar refractivity (Wildman–Crippen MR) is 60.2 cm³/mol. The first-order chi connectivity index (χ1) is 8.24. The molecule has 2 aromatic rings. The molecule has 0 aromatic carbocycles. The molecule has 0 radical (unpaired) electrons. The standard InChI is InChI=1S/C12H12N2O3/c15-12(16)8-1-2-11-13-6-9(14(11)7-8)5-10-3-4-17-10/h1-2,6-7,10H,3-5H2,(H,15,16). The van der Waals surface area contributed by atoms with Gasteiger partial charge in [0.05, 0.1) is 11.7 Å². The third-order valence-corrected chi connectivity index (χ3v) is 3.06. The number of ether oxygens (including phenoxy) is 1. The van der Waals surface area contributed by atoms with Crippen molar-refractivity contribution in [3.63, 3.8) is 0 Å². The summed E-state index contributed by atoms with van der Waals surface area (Å²) < 4.78 is 7.20. The van der Waals surface area contributed by atoms with Gasteiger partial charge in [0.1, 0.15) is 5.65 Å². The molecule has 1 fully saturated rings. The molecule has 0 bridgehead atoms. The summed E-state index contributed by atoms with van der Waals surface area (Å²) in [5, 5.41) is 8.95. The van der Waals surface area contributed by atoms with Crippen LogP contribution in [0.15, 0.2) is 24.5 Å². The Hall–Kier alpha value is -1.88. The van der Waals surface area contributed by atoms with Crippen molar-refractivity contribution in [3.8, 4) is 0 Å². The summed E-state index contributed by atoms with van der Waals surface area (Å²) in [4.78, 5) is 15.2. The smallest absolute Gasteiger partial charge is 0.337 e. The van der Waals surface area contributed by atoms with Crippen molar-refractivity contribution in [3.05, 3.63) is 35.8 Å². The van der Waals surface area contributed by atoms with Crippen molar-refractivity contribution in [2.75, 3.05) is 6.61 Å². The monoisotopic (exact) mass is 232 g/mol. The van der Waals surface area contributed by atoms with Gasteiger partial charge >= 0.3 is 5.97 Å². The molecule has 5 heteroatoms. The summed E-state index contributed by atoms with van der Waals surface area (Å²) in [6.07, 6.45) is 5.49. The SMILES string of the molecule is O=C(O)c1ccc2ncc(CC3CCO3)n2c1. The third-order valence-electron chi connectivity index (χ3n) is 3.06. The number of imidazole rings is 1. The van der Waals surface area contributed by atoms with Gasteiger partial charge in [-0.25, -0.2) is 9.78 Å². The fourth-order valence-corrected chi connectivity index (χ4v) is 1.99. The number of hydrogen-bond donors (Lipinski definition) is 1. The first kappa shape index (κ1) is 10.3. The Morgan fingerprint density at radius 3 is 3.06 bits per heavy atom. The van der Waals surface area contributed by atoms with Gasteiger partial charge in [-0.1, -0.05) is 0 Å². The zero-order valence-corrected chi connectivity index (χ0v) is 9.17. The van der Waals surface area contributed by atoms with Crippen molar-refractivity contribution in [2.24, 2.45) is 0 Å². The maximum atomic E-state index is 10.9. The Kier molecular flexibility index (Phi) is 2.33. The fraction of sp³-hybridized carbons (Fsp3) is 0.333. The van der Waals surface area contributed by atoms with Crippen molar-refractivity contribution in [1.82, 2.24) is 9.38 Å². The number of carboxylic acid groups (broad SMARTS) is 1. The van der Waals surface area contributed by atoms with Crippen LogP contribution in [0.1, 0.15) is 22.5 Å². The first-order valence-electron chi connectivity index (χ1n) is 5.55. The Morgan fingerprint density at radius 1 is 1.59 bits per heavy atom. The Morgan fingerprint density at radius 2 is 2.41 bits per heavy atom. The van der Waals surface area contributed by atoms with E-state index in [-0.39, 0.29) is 11.7 Å². The Bertz CT molecular complexity index is 572. The highest BCUT2D eigenvalue weighted by Gasteiger charge is 2.20. The second kappa shape index (κ2) is 3.85. The molecule has 2 aromatic heterocycles. The largest absolute Gasteiger partial charge is 0.478 e. The summed E-state index contributed by atoms with van der Waals surface area (Å²) >= 11 is 0. The second-order valence-corrected chi connectivity index (χ2v) is 4.19. The van der Waals surface area contributed by atoms with Gasteiger partial charge in [0.2, 0.25) is 0 Å². The molecular formula is C12H12N2O3. The highest BCUT2D eigenvalue weighted by atomic mass is 16.5. The van der Waals surface area contributed by atoms with Crippen molar-refractivity contribution < 1.29 is 14.6 Å². The van der Waals surface area contributed by atoms with Gasteiger partial charge < -0.3 is 14.2 Å². The van der Waals surface area contributed by atoms with E-state index in [1.807, 2.05) is 4.40 Å². The van der Waals surface area contributed by atoms with Crippen LogP contribution >= 0.6 is 0 Å². The molecule has 1 saturated heterocycles. The number of pyridine rings is 1. The van der Waals surface area contributed by atoms with E-state index >= 15 is 0 Å². The molecule has 1 aliphatic heterocycles. The minimum absolute atomic E-state index is 0.253. The molecule has 3 rings (SSSR count). The third kappa shape index (κ3) is 1.78. The molecule has 0 aliphatic carbocycles. The molecule has 17 heavy (non-hydrogen) atoms. The predicted octanol–water partition coefficient (Wildman–Crippen LogP) is 1.36. The van der Waals surface area contributed by atoms with E-state index in [0.29, 0.717) is 0 Å². The van der Waals surface area contributed by atoms with E-state index in [1.165, 1.54) is 0 Å². The van der Waals surface area contributed by atoms with E-state index in [9.17, 15) is 4.79 Å². The topological polar surface area (TPSA) is 63.8 Å².